The van der Waals surface area contributed by atoms with Crippen LogP contribution in [0, 0.1) is 23.3 Å². The minimum Gasteiger partial charge on any atom is -0.870 e. The van der Waals surface area contributed by atoms with Gasteiger partial charge in [-0.15, -0.1) is 0 Å². The number of pyridine rings is 2. The van der Waals surface area contributed by atoms with Crippen LogP contribution in [0.4, 0.5) is 28.9 Å². The van der Waals surface area contributed by atoms with E-state index < -0.39 is 75.5 Å². The van der Waals surface area contributed by atoms with Gasteiger partial charge in [0.15, 0.2) is 57.4 Å². The van der Waals surface area contributed by atoms with Gasteiger partial charge in [-0.25, -0.2) is 46.3 Å². The fourth-order valence-electron chi connectivity index (χ4n) is 6.25. The zero-order valence-electron chi connectivity index (χ0n) is 48.2. The number of aromatic carboxylic acids is 1. The van der Waals surface area contributed by atoms with Crippen LogP contribution in [-0.4, -0.2) is 124 Å². The van der Waals surface area contributed by atoms with Gasteiger partial charge in [-0.2, -0.15) is 0 Å². The van der Waals surface area contributed by atoms with Gasteiger partial charge in [0.25, 0.3) is 0 Å². The number of anilines is 2. The van der Waals surface area contributed by atoms with Crippen LogP contribution >= 0.6 is 0 Å². The van der Waals surface area contributed by atoms with Crippen LogP contribution in [0.5, 0.6) is 23.0 Å². The van der Waals surface area contributed by atoms with Crippen molar-refractivity contribution in [1.82, 2.24) is 9.97 Å². The summed E-state index contributed by atoms with van der Waals surface area (Å²) in [6, 6.07) is 13.1. The van der Waals surface area contributed by atoms with Crippen LogP contribution in [0.3, 0.4) is 0 Å². The zero-order chi connectivity index (χ0) is 62.3. The normalized spacial score (nSPS) is 9.62. The number of halogens is 4. The molecule has 0 aliphatic carbocycles. The molecule has 6 aromatic rings. The van der Waals surface area contributed by atoms with Gasteiger partial charge in [0.2, 0.25) is 10.9 Å². The van der Waals surface area contributed by atoms with Gasteiger partial charge in [0.05, 0.1) is 89.9 Å². The second-order valence-corrected chi connectivity index (χ2v) is 15.5. The Balaban J connectivity index is 0.00000105. The summed E-state index contributed by atoms with van der Waals surface area (Å²) < 4.78 is 101. The average molecular weight is 1210 g/mol. The van der Waals surface area contributed by atoms with E-state index >= 15 is 0 Å². The Labute approximate surface area is 505 Å². The summed E-state index contributed by atoms with van der Waals surface area (Å²) in [6.45, 7) is 11.1. The Morgan fingerprint density at radius 3 is 1.31 bits per heavy atom. The number of methoxy groups -OCH3 is 4. The van der Waals surface area contributed by atoms with Crippen molar-refractivity contribution < 1.29 is 134 Å². The molecule has 0 spiro atoms. The molecular formula is C56H63F4N4NaO20. The van der Waals surface area contributed by atoms with Gasteiger partial charge < -0.3 is 79.0 Å². The van der Waals surface area contributed by atoms with Crippen LogP contribution in [0.25, 0.3) is 21.8 Å². The van der Waals surface area contributed by atoms with Crippen LogP contribution < -0.4 is 70.4 Å². The van der Waals surface area contributed by atoms with Crippen molar-refractivity contribution in [3.63, 3.8) is 0 Å². The van der Waals surface area contributed by atoms with Gasteiger partial charge in [0, 0.05) is 54.2 Å². The van der Waals surface area contributed by atoms with E-state index in [1.165, 1.54) is 77.1 Å². The number of carboxylic acids is 1. The number of nitrogens with two attached hydrogens (primary N) is 1. The Morgan fingerprint density at radius 1 is 0.529 bits per heavy atom. The summed E-state index contributed by atoms with van der Waals surface area (Å²) in [5.41, 5.74) is 4.29. The second-order valence-electron chi connectivity index (χ2n) is 15.5. The van der Waals surface area contributed by atoms with E-state index in [0.29, 0.717) is 18.0 Å². The van der Waals surface area contributed by atoms with E-state index in [1.54, 1.807) is 47.6 Å². The molecular weight excluding hydrogens is 1150 g/mol. The first kappa shape index (κ1) is 75.9. The summed E-state index contributed by atoms with van der Waals surface area (Å²) >= 11 is 0. The maximum atomic E-state index is 13.6. The van der Waals surface area contributed by atoms with E-state index in [1.807, 2.05) is 0 Å². The largest absolute Gasteiger partial charge is 1.00 e. The number of hydrogen-bond acceptors (Lipinski definition) is 21. The minimum absolute atomic E-state index is 0. The summed E-state index contributed by atoms with van der Waals surface area (Å²) in [5.74, 6) is -7.22. The van der Waals surface area contributed by atoms with Crippen LogP contribution in [0.1, 0.15) is 62.3 Å². The van der Waals surface area contributed by atoms with E-state index in [9.17, 15) is 55.9 Å². The Hall–Kier alpha value is -9.12. The first-order valence-corrected chi connectivity index (χ1v) is 24.6. The third kappa shape index (κ3) is 23.2. The molecule has 24 nitrogen and oxygen atoms in total. The molecule has 0 aliphatic rings. The number of benzene rings is 4. The standard InChI is InChI=1S/C15H18FNO5.C13H12FNO4.C11H8FNO4.C10H16O5.C7H8FNO.Na.H2O/c1-4-21-14(18)11(15(19)22-5-2)9-17-10-6-7-13(20-3)12(16)8-10;1-3-19-13(17)8-6-15-10-5-9(14)11(18-2)4-7(10)12(8)16;1-17-9-2-5-8(3-7(9)12)13-4-6(10(5)14)11(15)16;1-4-13-7-8(9(11)14-5-2)10(12)15-6-3;1-10-7-3-2-5(9)4-6(7)8;;/h6-9,17H,4-5H2,1-3H3;4-6H,3H2,1-2H3,(H,15,16);2-4H,1H3,(H,13,14)(H,15,16);7H,4-6H2,1-3H3;2-4H,9H2,1H3;;1H2/q;;;;;+1;/p-1. The molecule has 29 heteroatoms. The molecule has 0 fully saturated rings. The molecule has 0 saturated heterocycles. The first-order valence-electron chi connectivity index (χ1n) is 24.6. The molecule has 6 rings (SSSR count). The van der Waals surface area contributed by atoms with Crippen molar-refractivity contribution in [3.05, 3.63) is 152 Å². The van der Waals surface area contributed by atoms with Crippen molar-refractivity contribution >= 4 is 69.0 Å². The number of carbonyl (C=O) groups is 6. The van der Waals surface area contributed by atoms with E-state index in [-0.39, 0.29) is 130 Å². The number of nitrogen functional groups attached to an aromatic ring is 1. The summed E-state index contributed by atoms with van der Waals surface area (Å²) in [6.07, 6.45) is 4.45. The number of esters is 5. The van der Waals surface area contributed by atoms with Crippen molar-refractivity contribution in [2.75, 3.05) is 79.1 Å². The van der Waals surface area contributed by atoms with Gasteiger partial charge in [-0.05, 0) is 77.9 Å². The molecule has 0 saturated carbocycles. The molecule has 2 aromatic heterocycles. The monoisotopic (exact) mass is 1210 g/mol. The van der Waals surface area contributed by atoms with Gasteiger partial charge >= 0.3 is 65.4 Å². The molecule has 85 heavy (non-hydrogen) atoms. The van der Waals surface area contributed by atoms with Crippen molar-refractivity contribution in [1.29, 1.82) is 0 Å². The molecule has 0 unspecified atom stereocenters. The smallest absolute Gasteiger partial charge is 0.870 e. The van der Waals surface area contributed by atoms with Gasteiger partial charge in [-0.1, -0.05) is 0 Å². The number of hydrogen-bond donors (Lipinski definition) is 5. The molecule has 0 amide bonds. The number of aromatic amines is 2. The van der Waals surface area contributed by atoms with Gasteiger partial charge in [0.1, 0.15) is 17.4 Å². The number of nitrogens with one attached hydrogen (secondary N) is 3. The predicted molar refractivity (Wildman–Crippen MR) is 295 cm³/mol. The van der Waals surface area contributed by atoms with E-state index in [0.717, 1.165) is 30.8 Å². The minimum atomic E-state index is -1.34. The molecule has 0 atom stereocenters. The predicted octanol–water partition coefficient (Wildman–Crippen LogP) is 4.76. The average Bonchev–Trinajstić information content (AvgIpc) is 2.83. The number of H-pyrrole nitrogens is 2. The fourth-order valence-corrected chi connectivity index (χ4v) is 6.25. The topological polar surface area (TPSA) is 349 Å². The fraction of sp³-hybridized carbons (Fsp3) is 0.286. The molecule has 7 N–H and O–H groups in total. The Kier molecular flexibility index (Phi) is 35.2. The maximum Gasteiger partial charge on any atom is 1.00 e. The van der Waals surface area contributed by atoms with Crippen LogP contribution in [0.15, 0.2) is 106 Å². The Bertz CT molecular complexity index is 3370. The summed E-state index contributed by atoms with van der Waals surface area (Å²) in [7, 11) is 5.33. The van der Waals surface area contributed by atoms with Crippen molar-refractivity contribution in [2.45, 2.75) is 41.5 Å². The number of rotatable bonds is 19. The van der Waals surface area contributed by atoms with Crippen LogP contribution in [-0.2, 0) is 47.6 Å². The third-order valence-corrected chi connectivity index (χ3v) is 10.1. The number of aromatic nitrogens is 2. The van der Waals surface area contributed by atoms with Crippen molar-refractivity contribution in [2.24, 2.45) is 0 Å². The molecule has 4 aromatic carbocycles. The number of carboxylic acid groups (broad SMARTS) is 1. The molecule has 456 valence electrons. The van der Waals surface area contributed by atoms with Crippen molar-refractivity contribution in [3.8, 4) is 23.0 Å². The van der Waals surface area contributed by atoms with E-state index in [2.05, 4.69) is 29.5 Å². The SMILES string of the molecule is CCOC(=O)C(=CNc1ccc(OC)c(F)c1)C(=O)OCC.CCOC(=O)c1c[nH]c2cc(F)c(OC)cc2c1=O.CCOC=C(C(=O)OCC)C(=O)OCC.COc1cc2c(=O)c(C(=O)O)c[nH]c2cc1F.COc1ccc(N)cc1F.[Na+].[OH-]. The quantitative estimate of drug-likeness (QED) is 0.00840. The molecule has 2 heterocycles. The Morgan fingerprint density at radius 2 is 0.918 bits per heavy atom. The third-order valence-electron chi connectivity index (χ3n) is 10.1. The van der Waals surface area contributed by atoms with Crippen LogP contribution in [0.2, 0.25) is 0 Å². The molecule has 0 radical (unpaired) electrons. The number of carbonyl (C=O) groups excluding carboxylic acids is 5. The van der Waals surface area contributed by atoms with Gasteiger partial charge in [-0.3, -0.25) is 9.59 Å². The zero-order valence-corrected chi connectivity index (χ0v) is 50.2. The summed E-state index contributed by atoms with van der Waals surface area (Å²) in [4.78, 5) is 97.5. The maximum absolute atomic E-state index is 13.6. The molecule has 0 aliphatic heterocycles. The number of ether oxygens (including phenoxy) is 10. The summed E-state index contributed by atoms with van der Waals surface area (Å²) in [5, 5.41) is 11.7. The first-order chi connectivity index (χ1) is 39.6. The van der Waals surface area contributed by atoms with E-state index in [4.69, 9.17) is 44.0 Å². The molecule has 0 bridgehead atoms. The second kappa shape index (κ2) is 39.4. The number of fused-ring (bicyclic) bond motifs is 2.